The highest BCUT2D eigenvalue weighted by Crippen LogP contribution is 2.18. The summed E-state index contributed by atoms with van der Waals surface area (Å²) in [5.41, 5.74) is 1.33. The lowest BCUT2D eigenvalue weighted by atomic mass is 9.91. The molecule has 1 aliphatic carbocycles. The van der Waals surface area contributed by atoms with E-state index >= 15 is 0 Å². The van der Waals surface area contributed by atoms with Crippen LogP contribution in [0.15, 0.2) is 23.3 Å². The molecule has 1 aliphatic rings. The molecule has 0 spiro atoms. The fourth-order valence-electron chi connectivity index (χ4n) is 1.58. The van der Waals surface area contributed by atoms with E-state index in [1.54, 1.807) is 12.2 Å². The molecule has 0 N–H and O–H groups in total. The van der Waals surface area contributed by atoms with Crippen molar-refractivity contribution in [3.8, 4) is 0 Å². The number of carbonyl (C=O) groups excluding carboxylic acids is 2. The lowest BCUT2D eigenvalue weighted by Crippen LogP contribution is -2.21. The Morgan fingerprint density at radius 1 is 0.857 bits per heavy atom. The Hall–Kier alpha value is -1.18. The molecule has 0 unspecified atom stereocenters. The number of carbonyl (C=O) groups is 2. The van der Waals surface area contributed by atoms with E-state index in [1.165, 1.54) is 0 Å². The lowest BCUT2D eigenvalue weighted by Gasteiger charge is -2.11. The van der Waals surface area contributed by atoms with Gasteiger partial charge in [-0.3, -0.25) is 9.59 Å². The number of hydrogen-bond acceptors (Lipinski definition) is 2. The van der Waals surface area contributed by atoms with Crippen LogP contribution in [-0.4, -0.2) is 11.6 Å². The van der Waals surface area contributed by atoms with Gasteiger partial charge in [-0.15, -0.1) is 0 Å². The van der Waals surface area contributed by atoms with Gasteiger partial charge in [-0.1, -0.05) is 38.8 Å². The molecule has 0 aliphatic heterocycles. The van der Waals surface area contributed by atoms with Crippen molar-refractivity contribution < 1.29 is 9.59 Å². The molecule has 0 aromatic carbocycles. The van der Waals surface area contributed by atoms with E-state index in [-0.39, 0.29) is 11.6 Å². The zero-order valence-corrected chi connectivity index (χ0v) is 8.80. The van der Waals surface area contributed by atoms with Crippen molar-refractivity contribution >= 4 is 11.6 Å². The standard InChI is InChI=1S/C12H16O2/c1-3-5-9-7-8-10(6-4-2)12(14)11(9)13/h7-8H,3-6H2,1-2H3. The summed E-state index contributed by atoms with van der Waals surface area (Å²) in [7, 11) is 0. The molecule has 0 saturated heterocycles. The maximum atomic E-state index is 11.5. The SMILES string of the molecule is CCCC1=CC=C(CCC)C(=O)C1=O. The van der Waals surface area contributed by atoms with E-state index in [4.69, 9.17) is 0 Å². The minimum absolute atomic E-state index is 0.294. The summed E-state index contributed by atoms with van der Waals surface area (Å²) in [6.45, 7) is 4.01. The van der Waals surface area contributed by atoms with Crippen molar-refractivity contribution in [2.24, 2.45) is 0 Å². The predicted octanol–water partition coefficient (Wildman–Crippen LogP) is 2.59. The molecule has 2 heteroatoms. The molecule has 0 aromatic heterocycles. The minimum atomic E-state index is -0.294. The van der Waals surface area contributed by atoms with E-state index in [9.17, 15) is 9.59 Å². The van der Waals surface area contributed by atoms with Crippen LogP contribution in [-0.2, 0) is 9.59 Å². The molecule has 0 atom stereocenters. The molecule has 2 nitrogen and oxygen atoms in total. The molecule has 0 amide bonds. The zero-order valence-electron chi connectivity index (χ0n) is 8.80. The fourth-order valence-corrected chi connectivity index (χ4v) is 1.58. The second-order valence-electron chi connectivity index (χ2n) is 3.54. The highest BCUT2D eigenvalue weighted by Gasteiger charge is 2.23. The number of ketones is 2. The molecule has 76 valence electrons. The van der Waals surface area contributed by atoms with Gasteiger partial charge in [0, 0.05) is 11.1 Å². The van der Waals surface area contributed by atoms with Crippen molar-refractivity contribution in [2.75, 3.05) is 0 Å². The van der Waals surface area contributed by atoms with Crippen molar-refractivity contribution in [3.05, 3.63) is 23.3 Å². The number of hydrogen-bond donors (Lipinski definition) is 0. The Morgan fingerprint density at radius 2 is 1.21 bits per heavy atom. The molecule has 0 fully saturated rings. The number of allylic oxidation sites excluding steroid dienone is 4. The normalized spacial score (nSPS) is 16.7. The first kappa shape index (κ1) is 10.9. The van der Waals surface area contributed by atoms with Crippen LogP contribution in [0.1, 0.15) is 39.5 Å². The third kappa shape index (κ3) is 2.19. The van der Waals surface area contributed by atoms with Crippen molar-refractivity contribution in [3.63, 3.8) is 0 Å². The molecule has 0 radical (unpaired) electrons. The van der Waals surface area contributed by atoms with Crippen LogP contribution >= 0.6 is 0 Å². The predicted molar refractivity (Wildman–Crippen MR) is 56.0 cm³/mol. The Kier molecular flexibility index (Phi) is 3.81. The average Bonchev–Trinajstić information content (AvgIpc) is 2.18. The number of rotatable bonds is 4. The highest BCUT2D eigenvalue weighted by atomic mass is 16.2. The maximum Gasteiger partial charge on any atom is 0.229 e. The smallest absolute Gasteiger partial charge is 0.229 e. The van der Waals surface area contributed by atoms with E-state index in [0.29, 0.717) is 24.0 Å². The van der Waals surface area contributed by atoms with Gasteiger partial charge in [-0.2, -0.15) is 0 Å². The van der Waals surface area contributed by atoms with Gasteiger partial charge >= 0.3 is 0 Å². The van der Waals surface area contributed by atoms with Gasteiger partial charge in [-0.25, -0.2) is 0 Å². The second-order valence-corrected chi connectivity index (χ2v) is 3.54. The summed E-state index contributed by atoms with van der Waals surface area (Å²) < 4.78 is 0. The third-order valence-electron chi connectivity index (χ3n) is 2.31. The Labute approximate surface area is 84.7 Å². The monoisotopic (exact) mass is 192 g/mol. The van der Waals surface area contributed by atoms with E-state index in [2.05, 4.69) is 0 Å². The lowest BCUT2D eigenvalue weighted by molar-refractivity contribution is -0.132. The van der Waals surface area contributed by atoms with Gasteiger partial charge in [0.2, 0.25) is 11.6 Å². The third-order valence-corrected chi connectivity index (χ3v) is 2.31. The molecular formula is C12H16O2. The van der Waals surface area contributed by atoms with Crippen LogP contribution in [0.5, 0.6) is 0 Å². The quantitative estimate of drug-likeness (QED) is 0.507. The summed E-state index contributed by atoms with van der Waals surface area (Å²) in [6.07, 6.45) is 6.83. The molecule has 0 saturated carbocycles. The van der Waals surface area contributed by atoms with Crippen molar-refractivity contribution in [2.45, 2.75) is 39.5 Å². The minimum Gasteiger partial charge on any atom is -0.285 e. The van der Waals surface area contributed by atoms with Crippen LogP contribution in [0, 0.1) is 0 Å². The van der Waals surface area contributed by atoms with Crippen LogP contribution in [0.3, 0.4) is 0 Å². The molecule has 0 aromatic rings. The van der Waals surface area contributed by atoms with Crippen LogP contribution in [0.25, 0.3) is 0 Å². The molecule has 14 heavy (non-hydrogen) atoms. The topological polar surface area (TPSA) is 34.1 Å². The van der Waals surface area contributed by atoms with Crippen LogP contribution < -0.4 is 0 Å². The first-order valence-corrected chi connectivity index (χ1v) is 5.19. The van der Waals surface area contributed by atoms with E-state index in [0.717, 1.165) is 12.8 Å². The first-order valence-electron chi connectivity index (χ1n) is 5.19. The molecule has 0 bridgehead atoms. The van der Waals surface area contributed by atoms with Crippen molar-refractivity contribution in [1.82, 2.24) is 0 Å². The summed E-state index contributed by atoms with van der Waals surface area (Å²) in [6, 6.07) is 0. The van der Waals surface area contributed by atoms with Gasteiger partial charge in [0.15, 0.2) is 0 Å². The van der Waals surface area contributed by atoms with Gasteiger partial charge in [-0.05, 0) is 12.8 Å². The van der Waals surface area contributed by atoms with Gasteiger partial charge in [0.25, 0.3) is 0 Å². The molecular weight excluding hydrogens is 176 g/mol. The first-order chi connectivity index (χ1) is 6.70. The van der Waals surface area contributed by atoms with E-state index < -0.39 is 0 Å². The summed E-state index contributed by atoms with van der Waals surface area (Å²) in [5.74, 6) is -0.587. The Bertz CT molecular complexity index is 276. The van der Waals surface area contributed by atoms with Crippen molar-refractivity contribution in [1.29, 1.82) is 0 Å². The largest absolute Gasteiger partial charge is 0.285 e. The average molecular weight is 192 g/mol. The van der Waals surface area contributed by atoms with Gasteiger partial charge in [0.1, 0.15) is 0 Å². The zero-order chi connectivity index (χ0) is 10.6. The van der Waals surface area contributed by atoms with Crippen LogP contribution in [0.2, 0.25) is 0 Å². The Balaban J connectivity index is 2.84. The number of Topliss-reactive ketones (excluding diaryl/α,β-unsaturated/α-hetero) is 2. The van der Waals surface area contributed by atoms with E-state index in [1.807, 2.05) is 13.8 Å². The molecule has 1 rings (SSSR count). The second kappa shape index (κ2) is 4.89. The highest BCUT2D eigenvalue weighted by molar-refractivity contribution is 6.49. The molecule has 0 heterocycles. The van der Waals surface area contributed by atoms with Gasteiger partial charge < -0.3 is 0 Å². The fraction of sp³-hybridized carbons (Fsp3) is 0.500. The van der Waals surface area contributed by atoms with Gasteiger partial charge in [0.05, 0.1) is 0 Å². The summed E-state index contributed by atoms with van der Waals surface area (Å²) in [4.78, 5) is 23.1. The van der Waals surface area contributed by atoms with Crippen LogP contribution in [0.4, 0.5) is 0 Å². The summed E-state index contributed by atoms with van der Waals surface area (Å²) in [5, 5.41) is 0. The summed E-state index contributed by atoms with van der Waals surface area (Å²) >= 11 is 0. The Morgan fingerprint density at radius 3 is 1.50 bits per heavy atom. The maximum absolute atomic E-state index is 11.5.